The molecular weight excluding hydrogens is 272 g/mol. The van der Waals surface area contributed by atoms with Crippen molar-refractivity contribution in [2.24, 2.45) is 5.73 Å². The number of hydrogen-bond acceptors (Lipinski definition) is 1. The average Bonchev–Trinajstić information content (AvgIpc) is 2.43. The predicted octanol–water partition coefficient (Wildman–Crippen LogP) is -1.25. The third-order valence-corrected chi connectivity index (χ3v) is 3.66. The van der Waals surface area contributed by atoms with E-state index in [2.05, 4.69) is 5.73 Å². The van der Waals surface area contributed by atoms with Crippen LogP contribution in [0.2, 0.25) is 0 Å². The van der Waals surface area contributed by atoms with Crippen LogP contribution in [-0.2, 0) is 10.2 Å². The fraction of sp³-hybridized carbons (Fsp3) is 0.188. The molecule has 2 aromatic rings. The SMILES string of the molecule is CCC(C(N)=O)(c1ccccc1)c1ccc([NH3+])cc1.[Cl-]. The number of primary amides is 1. The van der Waals surface area contributed by atoms with Crippen LogP contribution >= 0.6 is 0 Å². The van der Waals surface area contributed by atoms with Gasteiger partial charge in [-0.15, -0.1) is 0 Å². The molecule has 0 aromatic heterocycles. The molecule has 5 N–H and O–H groups in total. The molecule has 2 aromatic carbocycles. The molecule has 0 aliphatic rings. The topological polar surface area (TPSA) is 70.7 Å². The molecule has 0 radical (unpaired) electrons. The highest BCUT2D eigenvalue weighted by Gasteiger charge is 2.38. The monoisotopic (exact) mass is 290 g/mol. The maximum absolute atomic E-state index is 12.1. The fourth-order valence-electron chi connectivity index (χ4n) is 2.55. The second kappa shape index (κ2) is 6.55. The highest BCUT2D eigenvalue weighted by Crippen LogP contribution is 2.35. The predicted molar refractivity (Wildman–Crippen MR) is 75.7 cm³/mol. The Morgan fingerprint density at radius 3 is 2.00 bits per heavy atom. The van der Waals surface area contributed by atoms with E-state index in [9.17, 15) is 4.79 Å². The van der Waals surface area contributed by atoms with E-state index < -0.39 is 5.41 Å². The lowest BCUT2D eigenvalue weighted by atomic mass is 9.72. The van der Waals surface area contributed by atoms with E-state index in [1.54, 1.807) is 0 Å². The van der Waals surface area contributed by atoms with Gasteiger partial charge in [0.2, 0.25) is 5.91 Å². The van der Waals surface area contributed by atoms with E-state index in [0.717, 1.165) is 16.8 Å². The van der Waals surface area contributed by atoms with Crippen molar-refractivity contribution in [3.8, 4) is 0 Å². The van der Waals surface area contributed by atoms with E-state index in [-0.39, 0.29) is 18.3 Å². The van der Waals surface area contributed by atoms with Crippen LogP contribution < -0.4 is 23.9 Å². The zero-order valence-electron chi connectivity index (χ0n) is 11.5. The fourth-order valence-corrected chi connectivity index (χ4v) is 2.55. The molecule has 20 heavy (non-hydrogen) atoms. The third kappa shape index (κ3) is 2.69. The van der Waals surface area contributed by atoms with Crippen molar-refractivity contribution in [1.29, 1.82) is 0 Å². The minimum Gasteiger partial charge on any atom is -1.00 e. The molecule has 3 nitrogen and oxygen atoms in total. The van der Waals surface area contributed by atoms with E-state index in [1.165, 1.54) is 0 Å². The summed E-state index contributed by atoms with van der Waals surface area (Å²) >= 11 is 0. The number of carbonyl (C=O) groups is 1. The first-order chi connectivity index (χ1) is 9.11. The normalized spacial score (nSPS) is 13.1. The van der Waals surface area contributed by atoms with Gasteiger partial charge in [0, 0.05) is 0 Å². The first-order valence-electron chi connectivity index (χ1n) is 6.39. The Hall–Kier alpha value is -1.84. The number of nitrogens with two attached hydrogens (primary N) is 1. The molecule has 0 aliphatic carbocycles. The van der Waals surface area contributed by atoms with Crippen molar-refractivity contribution in [3.63, 3.8) is 0 Å². The van der Waals surface area contributed by atoms with Gasteiger partial charge in [-0.3, -0.25) is 4.79 Å². The Morgan fingerprint density at radius 1 is 1.05 bits per heavy atom. The average molecular weight is 291 g/mol. The van der Waals surface area contributed by atoms with Crippen molar-refractivity contribution in [1.82, 2.24) is 0 Å². The third-order valence-electron chi connectivity index (χ3n) is 3.66. The lowest BCUT2D eigenvalue weighted by Gasteiger charge is -2.30. The minimum absolute atomic E-state index is 0. The largest absolute Gasteiger partial charge is 1.00 e. The van der Waals surface area contributed by atoms with Crippen molar-refractivity contribution >= 4 is 11.6 Å². The van der Waals surface area contributed by atoms with E-state index in [1.807, 2.05) is 61.5 Å². The smallest absolute Gasteiger partial charge is 0.232 e. The number of amides is 1. The standard InChI is InChI=1S/C16H18N2O.ClH/c1-2-16(15(18)19,12-6-4-3-5-7-12)13-8-10-14(17)11-9-13;/h3-11H,2,17H2,1H3,(H2,18,19);1H. The van der Waals surface area contributed by atoms with Crippen molar-refractivity contribution < 1.29 is 22.9 Å². The van der Waals surface area contributed by atoms with Gasteiger partial charge in [-0.25, -0.2) is 0 Å². The van der Waals surface area contributed by atoms with Crippen molar-refractivity contribution in [2.75, 3.05) is 0 Å². The molecule has 0 fully saturated rings. The summed E-state index contributed by atoms with van der Waals surface area (Å²) in [5.74, 6) is -0.321. The lowest BCUT2D eigenvalue weighted by molar-refractivity contribution is -0.254. The Bertz CT molecular complexity index is 569. The van der Waals surface area contributed by atoms with Gasteiger partial charge in [0.1, 0.15) is 5.69 Å². The van der Waals surface area contributed by atoms with E-state index in [4.69, 9.17) is 5.73 Å². The first-order valence-corrected chi connectivity index (χ1v) is 6.39. The molecular formula is C16H19ClN2O. The number of halogens is 1. The Balaban J connectivity index is 0.00000200. The van der Waals surface area contributed by atoms with Crippen LogP contribution in [0.5, 0.6) is 0 Å². The summed E-state index contributed by atoms with van der Waals surface area (Å²) in [5, 5.41) is 0. The van der Waals surface area contributed by atoms with Crippen LogP contribution in [0.15, 0.2) is 54.6 Å². The highest BCUT2D eigenvalue weighted by molar-refractivity contribution is 5.90. The number of carbonyl (C=O) groups excluding carboxylic acids is 1. The van der Waals surface area contributed by atoms with E-state index >= 15 is 0 Å². The lowest BCUT2D eigenvalue weighted by Crippen LogP contribution is -3.00. The second-order valence-corrected chi connectivity index (χ2v) is 4.69. The summed E-state index contributed by atoms with van der Waals surface area (Å²) in [5.41, 5.74) is 11.6. The molecule has 2 rings (SSSR count). The van der Waals surface area contributed by atoms with Crippen LogP contribution in [0, 0.1) is 0 Å². The number of hydrogen-bond donors (Lipinski definition) is 2. The van der Waals surface area contributed by atoms with Gasteiger partial charge in [-0.2, -0.15) is 0 Å². The summed E-state index contributed by atoms with van der Waals surface area (Å²) in [7, 11) is 0. The minimum atomic E-state index is -0.769. The summed E-state index contributed by atoms with van der Waals surface area (Å²) in [6.07, 6.45) is 0.628. The van der Waals surface area contributed by atoms with Crippen LogP contribution in [0.25, 0.3) is 0 Å². The first kappa shape index (κ1) is 16.2. The van der Waals surface area contributed by atoms with Gasteiger partial charge < -0.3 is 23.9 Å². The molecule has 1 unspecified atom stereocenters. The molecule has 0 bridgehead atoms. The summed E-state index contributed by atoms with van der Waals surface area (Å²) < 4.78 is 0. The zero-order chi connectivity index (χ0) is 13.9. The molecule has 0 saturated carbocycles. The van der Waals surface area contributed by atoms with Gasteiger partial charge in [0.25, 0.3) is 0 Å². The maximum Gasteiger partial charge on any atom is 0.232 e. The van der Waals surface area contributed by atoms with Crippen LogP contribution in [-0.4, -0.2) is 5.91 Å². The Kier molecular flexibility index (Phi) is 5.31. The molecule has 4 heteroatoms. The molecule has 106 valence electrons. The van der Waals surface area contributed by atoms with Gasteiger partial charge >= 0.3 is 0 Å². The second-order valence-electron chi connectivity index (χ2n) is 4.69. The number of benzene rings is 2. The van der Waals surface area contributed by atoms with Gasteiger partial charge in [0.15, 0.2) is 0 Å². The number of rotatable bonds is 4. The van der Waals surface area contributed by atoms with Crippen molar-refractivity contribution in [3.05, 3.63) is 65.7 Å². The zero-order valence-corrected chi connectivity index (χ0v) is 12.2. The molecule has 0 heterocycles. The number of quaternary nitrogens is 1. The summed E-state index contributed by atoms with van der Waals surface area (Å²) in [6, 6.07) is 17.4. The van der Waals surface area contributed by atoms with Crippen LogP contribution in [0.4, 0.5) is 5.69 Å². The maximum atomic E-state index is 12.1. The molecule has 0 aliphatic heterocycles. The van der Waals surface area contributed by atoms with Gasteiger partial charge in [-0.1, -0.05) is 49.4 Å². The van der Waals surface area contributed by atoms with Crippen molar-refractivity contribution in [2.45, 2.75) is 18.8 Å². The summed E-state index contributed by atoms with van der Waals surface area (Å²) in [4.78, 5) is 12.1. The van der Waals surface area contributed by atoms with Crippen LogP contribution in [0.1, 0.15) is 24.5 Å². The van der Waals surface area contributed by atoms with Gasteiger partial charge in [0.05, 0.1) is 5.41 Å². The quantitative estimate of drug-likeness (QED) is 0.725. The molecule has 0 saturated heterocycles. The summed E-state index contributed by atoms with van der Waals surface area (Å²) in [6.45, 7) is 1.98. The highest BCUT2D eigenvalue weighted by atomic mass is 35.5. The van der Waals surface area contributed by atoms with E-state index in [0.29, 0.717) is 6.42 Å². The Morgan fingerprint density at radius 2 is 1.55 bits per heavy atom. The molecule has 1 amide bonds. The molecule has 1 atom stereocenters. The van der Waals surface area contributed by atoms with Crippen LogP contribution in [0.3, 0.4) is 0 Å². The Labute approximate surface area is 125 Å². The van der Waals surface area contributed by atoms with Gasteiger partial charge in [-0.05, 0) is 29.7 Å². The molecule has 0 spiro atoms.